The van der Waals surface area contributed by atoms with Gasteiger partial charge in [0.15, 0.2) is 0 Å². The summed E-state index contributed by atoms with van der Waals surface area (Å²) in [6.07, 6.45) is 1.07. The van der Waals surface area contributed by atoms with Gasteiger partial charge in [0.05, 0.1) is 0 Å². The molecule has 1 heterocycles. The molecule has 1 amide bonds. The second kappa shape index (κ2) is 5.25. The number of thioether (sulfide) groups is 1. The highest BCUT2D eigenvalue weighted by atomic mass is 32.2. The Labute approximate surface area is 99.8 Å². The SMILES string of the molecule is NC(=O)C(Nc1ccccc1)C1CCSC1. The molecule has 1 aliphatic rings. The molecule has 1 aromatic rings. The number of hydrogen-bond acceptors (Lipinski definition) is 3. The normalized spacial score (nSPS) is 21.6. The molecule has 2 unspecified atom stereocenters. The maximum absolute atomic E-state index is 11.4. The van der Waals surface area contributed by atoms with Crippen LogP contribution in [-0.2, 0) is 4.79 Å². The number of benzene rings is 1. The molecule has 0 radical (unpaired) electrons. The molecule has 0 aromatic heterocycles. The fourth-order valence-electron chi connectivity index (χ4n) is 1.95. The minimum atomic E-state index is -0.253. The predicted molar refractivity (Wildman–Crippen MR) is 68.5 cm³/mol. The predicted octanol–water partition coefficient (Wildman–Crippen LogP) is 1.71. The summed E-state index contributed by atoms with van der Waals surface area (Å²) in [6, 6.07) is 9.52. The van der Waals surface area contributed by atoms with Gasteiger partial charge in [-0.05, 0) is 36.0 Å². The van der Waals surface area contributed by atoms with Crippen molar-refractivity contribution in [1.82, 2.24) is 0 Å². The number of nitrogens with one attached hydrogen (secondary N) is 1. The summed E-state index contributed by atoms with van der Waals surface area (Å²) in [5.41, 5.74) is 6.41. The van der Waals surface area contributed by atoms with E-state index in [0.717, 1.165) is 23.6 Å². The molecule has 1 aromatic carbocycles. The highest BCUT2D eigenvalue weighted by Gasteiger charge is 2.29. The van der Waals surface area contributed by atoms with Crippen molar-refractivity contribution in [2.45, 2.75) is 12.5 Å². The van der Waals surface area contributed by atoms with Gasteiger partial charge in [-0.25, -0.2) is 0 Å². The average Bonchev–Trinajstić information content (AvgIpc) is 2.80. The molecular formula is C12H16N2OS. The Kier molecular flexibility index (Phi) is 3.72. The minimum absolute atomic E-state index is 0.239. The van der Waals surface area contributed by atoms with Gasteiger partial charge in [0.25, 0.3) is 0 Å². The van der Waals surface area contributed by atoms with Crippen LogP contribution < -0.4 is 11.1 Å². The van der Waals surface area contributed by atoms with Crippen molar-refractivity contribution in [1.29, 1.82) is 0 Å². The maximum atomic E-state index is 11.4. The van der Waals surface area contributed by atoms with Crippen LogP contribution in [0.2, 0.25) is 0 Å². The monoisotopic (exact) mass is 236 g/mol. The van der Waals surface area contributed by atoms with Crippen molar-refractivity contribution in [3.8, 4) is 0 Å². The Bertz CT molecular complexity index is 349. The van der Waals surface area contributed by atoms with Crippen LogP contribution in [0, 0.1) is 5.92 Å². The largest absolute Gasteiger partial charge is 0.373 e. The molecule has 3 N–H and O–H groups in total. The number of amides is 1. The second-order valence-corrected chi connectivity index (χ2v) is 5.16. The number of primary amides is 1. The van der Waals surface area contributed by atoms with Gasteiger partial charge < -0.3 is 11.1 Å². The van der Waals surface area contributed by atoms with Gasteiger partial charge in [-0.15, -0.1) is 0 Å². The fourth-order valence-corrected chi connectivity index (χ4v) is 3.25. The zero-order chi connectivity index (χ0) is 11.4. The first-order valence-corrected chi connectivity index (χ1v) is 6.61. The van der Waals surface area contributed by atoms with Gasteiger partial charge in [-0.2, -0.15) is 11.8 Å². The highest BCUT2D eigenvalue weighted by Crippen LogP contribution is 2.27. The van der Waals surface area contributed by atoms with Crippen LogP contribution in [-0.4, -0.2) is 23.5 Å². The Morgan fingerprint density at radius 1 is 1.44 bits per heavy atom. The number of hydrogen-bond donors (Lipinski definition) is 2. The first-order chi connectivity index (χ1) is 7.77. The van der Waals surface area contributed by atoms with E-state index in [1.165, 1.54) is 0 Å². The molecule has 0 bridgehead atoms. The standard InChI is InChI=1S/C12H16N2OS/c13-12(15)11(9-6-7-16-8-9)14-10-4-2-1-3-5-10/h1-5,9,11,14H,6-8H2,(H2,13,15). The zero-order valence-electron chi connectivity index (χ0n) is 9.06. The van der Waals surface area contributed by atoms with E-state index in [2.05, 4.69) is 5.32 Å². The lowest BCUT2D eigenvalue weighted by atomic mass is 9.98. The van der Waals surface area contributed by atoms with Gasteiger partial charge in [0, 0.05) is 5.69 Å². The fraction of sp³-hybridized carbons (Fsp3) is 0.417. The van der Waals surface area contributed by atoms with E-state index in [9.17, 15) is 4.79 Å². The summed E-state index contributed by atoms with van der Waals surface area (Å²) >= 11 is 1.89. The molecule has 86 valence electrons. The van der Waals surface area contributed by atoms with Crippen LogP contribution in [0.1, 0.15) is 6.42 Å². The van der Waals surface area contributed by atoms with Crippen LogP contribution in [0.5, 0.6) is 0 Å². The third-order valence-corrected chi connectivity index (χ3v) is 4.03. The number of carbonyl (C=O) groups is 1. The van der Waals surface area contributed by atoms with Gasteiger partial charge in [0.1, 0.15) is 6.04 Å². The van der Waals surface area contributed by atoms with Crippen molar-refractivity contribution in [3.63, 3.8) is 0 Å². The van der Waals surface area contributed by atoms with Crippen LogP contribution in [0.4, 0.5) is 5.69 Å². The molecule has 1 aliphatic heterocycles. The Balaban J connectivity index is 2.05. The summed E-state index contributed by atoms with van der Waals surface area (Å²) in [5.74, 6) is 2.26. The highest BCUT2D eigenvalue weighted by molar-refractivity contribution is 7.99. The van der Waals surface area contributed by atoms with E-state index in [0.29, 0.717) is 5.92 Å². The molecule has 2 atom stereocenters. The van der Waals surface area contributed by atoms with E-state index in [4.69, 9.17) is 5.73 Å². The van der Waals surface area contributed by atoms with Crippen LogP contribution in [0.15, 0.2) is 30.3 Å². The summed E-state index contributed by atoms with van der Waals surface area (Å²) in [5, 5.41) is 3.23. The maximum Gasteiger partial charge on any atom is 0.240 e. The molecule has 0 spiro atoms. The smallest absolute Gasteiger partial charge is 0.240 e. The molecule has 1 fully saturated rings. The lowest BCUT2D eigenvalue weighted by Crippen LogP contribution is -2.41. The molecule has 4 heteroatoms. The number of anilines is 1. The lowest BCUT2D eigenvalue weighted by molar-refractivity contribution is -0.119. The summed E-state index contributed by atoms with van der Waals surface area (Å²) < 4.78 is 0. The molecule has 0 aliphatic carbocycles. The Morgan fingerprint density at radius 2 is 2.19 bits per heavy atom. The first kappa shape index (κ1) is 11.3. The van der Waals surface area contributed by atoms with E-state index in [-0.39, 0.29) is 11.9 Å². The van der Waals surface area contributed by atoms with Crippen molar-refractivity contribution in [2.75, 3.05) is 16.8 Å². The number of nitrogens with two attached hydrogens (primary N) is 1. The zero-order valence-corrected chi connectivity index (χ0v) is 9.87. The number of rotatable bonds is 4. The summed E-state index contributed by atoms with van der Waals surface area (Å²) in [7, 11) is 0. The topological polar surface area (TPSA) is 55.1 Å². The molecule has 0 saturated carbocycles. The van der Waals surface area contributed by atoms with Crippen molar-refractivity contribution in [3.05, 3.63) is 30.3 Å². The van der Waals surface area contributed by atoms with E-state index < -0.39 is 0 Å². The number of para-hydroxylation sites is 1. The molecule has 16 heavy (non-hydrogen) atoms. The molecular weight excluding hydrogens is 220 g/mol. The van der Waals surface area contributed by atoms with Crippen molar-refractivity contribution < 1.29 is 4.79 Å². The number of carbonyl (C=O) groups excluding carboxylic acids is 1. The second-order valence-electron chi connectivity index (χ2n) is 4.01. The van der Waals surface area contributed by atoms with Gasteiger partial charge >= 0.3 is 0 Å². The van der Waals surface area contributed by atoms with E-state index in [1.807, 2.05) is 42.1 Å². The quantitative estimate of drug-likeness (QED) is 0.836. The molecule has 1 saturated heterocycles. The van der Waals surface area contributed by atoms with Crippen LogP contribution >= 0.6 is 11.8 Å². The molecule has 2 rings (SSSR count). The average molecular weight is 236 g/mol. The van der Waals surface area contributed by atoms with Crippen molar-refractivity contribution >= 4 is 23.4 Å². The first-order valence-electron chi connectivity index (χ1n) is 5.46. The Hall–Kier alpha value is -1.16. The summed E-state index contributed by atoms with van der Waals surface area (Å²) in [4.78, 5) is 11.4. The summed E-state index contributed by atoms with van der Waals surface area (Å²) in [6.45, 7) is 0. The Morgan fingerprint density at radius 3 is 2.75 bits per heavy atom. The van der Waals surface area contributed by atoms with Crippen LogP contribution in [0.3, 0.4) is 0 Å². The third-order valence-electron chi connectivity index (χ3n) is 2.84. The van der Waals surface area contributed by atoms with Gasteiger partial charge in [-0.1, -0.05) is 18.2 Å². The van der Waals surface area contributed by atoms with Crippen molar-refractivity contribution in [2.24, 2.45) is 11.7 Å². The minimum Gasteiger partial charge on any atom is -0.373 e. The van der Waals surface area contributed by atoms with Gasteiger partial charge in [-0.3, -0.25) is 4.79 Å². The third kappa shape index (κ3) is 2.70. The van der Waals surface area contributed by atoms with Crippen LogP contribution in [0.25, 0.3) is 0 Å². The molecule has 3 nitrogen and oxygen atoms in total. The van der Waals surface area contributed by atoms with E-state index >= 15 is 0 Å². The van der Waals surface area contributed by atoms with Gasteiger partial charge in [0.2, 0.25) is 5.91 Å². The van der Waals surface area contributed by atoms with E-state index in [1.54, 1.807) is 0 Å². The lowest BCUT2D eigenvalue weighted by Gasteiger charge is -2.22.